The molecule has 0 aliphatic carbocycles. The molecular weight excluding hydrogens is 268 g/mol. The minimum atomic E-state index is -0.263. The Morgan fingerprint density at radius 1 is 1.42 bits per heavy atom. The number of ether oxygens (including phenoxy) is 2. The summed E-state index contributed by atoms with van der Waals surface area (Å²) in [5.41, 5.74) is 7.19. The van der Waals surface area contributed by atoms with E-state index in [0.29, 0.717) is 18.0 Å². The van der Waals surface area contributed by atoms with E-state index in [4.69, 9.17) is 15.2 Å². The molecule has 1 atom stereocenters. The van der Waals surface area contributed by atoms with Crippen molar-refractivity contribution in [1.82, 2.24) is 0 Å². The lowest BCUT2D eigenvalue weighted by molar-refractivity contribution is -0.118. The van der Waals surface area contributed by atoms with Gasteiger partial charge in [0.1, 0.15) is 5.75 Å². The predicted octanol–water partition coefficient (Wildman–Crippen LogP) is 1.73. The van der Waals surface area contributed by atoms with Crippen LogP contribution in [-0.4, -0.2) is 32.8 Å². The van der Waals surface area contributed by atoms with Gasteiger partial charge in [0.15, 0.2) is 0 Å². The van der Waals surface area contributed by atoms with Crippen molar-refractivity contribution in [1.29, 1.82) is 0 Å². The van der Waals surface area contributed by atoms with Gasteiger partial charge in [0.2, 0.25) is 5.91 Å². The number of aryl methyl sites for hydroxylation is 1. The fraction of sp³-hybridized carbons (Fsp3) is 0.462. The molecule has 0 aliphatic heterocycles. The maximum Gasteiger partial charge on any atom is 0.227 e. The quantitative estimate of drug-likeness (QED) is 0.836. The van der Waals surface area contributed by atoms with Gasteiger partial charge in [-0.15, -0.1) is 12.4 Å². The second kappa shape index (κ2) is 8.74. The number of rotatable bonds is 6. The van der Waals surface area contributed by atoms with Crippen molar-refractivity contribution in [2.75, 3.05) is 26.1 Å². The molecule has 0 radical (unpaired) electrons. The van der Waals surface area contributed by atoms with Gasteiger partial charge in [-0.25, -0.2) is 0 Å². The molecule has 0 saturated heterocycles. The number of carbonyl (C=O) groups excluding carboxylic acids is 1. The molecule has 6 heteroatoms. The second-order valence-corrected chi connectivity index (χ2v) is 4.05. The molecule has 1 amide bonds. The van der Waals surface area contributed by atoms with E-state index >= 15 is 0 Å². The van der Waals surface area contributed by atoms with Gasteiger partial charge in [-0.1, -0.05) is 6.07 Å². The zero-order chi connectivity index (χ0) is 13.5. The lowest BCUT2D eigenvalue weighted by atomic mass is 10.2. The Bertz CT molecular complexity index is 409. The van der Waals surface area contributed by atoms with Crippen LogP contribution in [0.3, 0.4) is 0 Å². The standard InChI is InChI=1S/C13H20N2O3.ClH/c1-9-4-5-12(18-3)11(6-9)15-13(16)7-10(8-14)17-2;/h4-6,10H,7-8,14H2,1-3H3,(H,15,16);1H. The summed E-state index contributed by atoms with van der Waals surface area (Å²) >= 11 is 0. The van der Waals surface area contributed by atoms with Crippen LogP contribution in [0, 0.1) is 6.92 Å². The normalized spacial score (nSPS) is 11.4. The number of carbonyl (C=O) groups is 1. The second-order valence-electron chi connectivity index (χ2n) is 4.05. The number of methoxy groups -OCH3 is 2. The molecule has 5 nitrogen and oxygen atoms in total. The summed E-state index contributed by atoms with van der Waals surface area (Å²) in [6, 6.07) is 5.61. The van der Waals surface area contributed by atoms with Crippen LogP contribution < -0.4 is 15.8 Å². The van der Waals surface area contributed by atoms with Crippen LogP contribution in [0.5, 0.6) is 5.75 Å². The van der Waals surface area contributed by atoms with Crippen molar-refractivity contribution >= 4 is 24.0 Å². The van der Waals surface area contributed by atoms with Crippen LogP contribution in [0.1, 0.15) is 12.0 Å². The summed E-state index contributed by atoms with van der Waals surface area (Å²) in [7, 11) is 3.11. The van der Waals surface area contributed by atoms with Crippen molar-refractivity contribution in [2.45, 2.75) is 19.4 Å². The first-order chi connectivity index (χ1) is 8.60. The van der Waals surface area contributed by atoms with Crippen LogP contribution in [0.2, 0.25) is 0 Å². The number of benzene rings is 1. The predicted molar refractivity (Wildman–Crippen MR) is 78.1 cm³/mol. The lowest BCUT2D eigenvalue weighted by Gasteiger charge is -2.14. The molecule has 1 aromatic rings. The van der Waals surface area contributed by atoms with Crippen LogP contribution in [0.15, 0.2) is 18.2 Å². The number of hydrogen-bond acceptors (Lipinski definition) is 4. The number of amides is 1. The Morgan fingerprint density at radius 2 is 2.11 bits per heavy atom. The van der Waals surface area contributed by atoms with Crippen LogP contribution in [0.4, 0.5) is 5.69 Å². The molecule has 108 valence electrons. The van der Waals surface area contributed by atoms with E-state index in [2.05, 4.69) is 5.32 Å². The highest BCUT2D eigenvalue weighted by Crippen LogP contribution is 2.25. The smallest absolute Gasteiger partial charge is 0.227 e. The summed E-state index contributed by atoms with van der Waals surface area (Å²) in [5.74, 6) is 0.492. The minimum absolute atomic E-state index is 0. The van der Waals surface area contributed by atoms with Crippen molar-refractivity contribution in [3.63, 3.8) is 0 Å². The zero-order valence-electron chi connectivity index (χ0n) is 11.4. The van der Waals surface area contributed by atoms with E-state index in [0.717, 1.165) is 5.56 Å². The number of halogens is 1. The first-order valence-corrected chi connectivity index (χ1v) is 5.78. The summed E-state index contributed by atoms with van der Waals surface area (Å²) in [5, 5.41) is 2.80. The highest BCUT2D eigenvalue weighted by atomic mass is 35.5. The van der Waals surface area contributed by atoms with Crippen molar-refractivity contribution < 1.29 is 14.3 Å². The Labute approximate surface area is 119 Å². The van der Waals surface area contributed by atoms with E-state index in [9.17, 15) is 4.79 Å². The van der Waals surface area contributed by atoms with Gasteiger partial charge in [0, 0.05) is 13.7 Å². The van der Waals surface area contributed by atoms with Crippen LogP contribution in [0.25, 0.3) is 0 Å². The topological polar surface area (TPSA) is 73.6 Å². The lowest BCUT2D eigenvalue weighted by Crippen LogP contribution is -2.28. The number of anilines is 1. The van der Waals surface area contributed by atoms with Gasteiger partial charge in [-0.2, -0.15) is 0 Å². The first kappa shape index (κ1) is 17.7. The fourth-order valence-corrected chi connectivity index (χ4v) is 1.59. The monoisotopic (exact) mass is 288 g/mol. The first-order valence-electron chi connectivity index (χ1n) is 5.78. The largest absolute Gasteiger partial charge is 0.495 e. The molecule has 0 aliphatic rings. The molecule has 0 fully saturated rings. The molecule has 3 N–H and O–H groups in total. The third-order valence-electron chi connectivity index (χ3n) is 2.64. The molecule has 0 heterocycles. The van der Waals surface area contributed by atoms with Crippen molar-refractivity contribution in [3.8, 4) is 5.75 Å². The van der Waals surface area contributed by atoms with E-state index < -0.39 is 0 Å². The van der Waals surface area contributed by atoms with Crippen LogP contribution in [-0.2, 0) is 9.53 Å². The molecule has 1 aromatic carbocycles. The Morgan fingerprint density at radius 3 is 2.63 bits per heavy atom. The third-order valence-corrected chi connectivity index (χ3v) is 2.64. The fourth-order valence-electron chi connectivity index (χ4n) is 1.59. The summed E-state index contributed by atoms with van der Waals surface area (Å²) in [4.78, 5) is 11.8. The van der Waals surface area contributed by atoms with Gasteiger partial charge < -0.3 is 20.5 Å². The molecule has 0 spiro atoms. The number of nitrogens with two attached hydrogens (primary N) is 1. The Balaban J connectivity index is 0.00000324. The average Bonchev–Trinajstić information content (AvgIpc) is 2.36. The average molecular weight is 289 g/mol. The number of hydrogen-bond donors (Lipinski definition) is 2. The van der Waals surface area contributed by atoms with Gasteiger partial charge in [0.05, 0.1) is 25.3 Å². The van der Waals surface area contributed by atoms with Crippen molar-refractivity contribution in [2.24, 2.45) is 5.73 Å². The summed E-state index contributed by atoms with van der Waals surface area (Å²) < 4.78 is 10.3. The van der Waals surface area contributed by atoms with E-state index in [1.54, 1.807) is 7.11 Å². The molecule has 0 aromatic heterocycles. The molecule has 19 heavy (non-hydrogen) atoms. The van der Waals surface area contributed by atoms with E-state index in [-0.39, 0.29) is 30.8 Å². The maximum atomic E-state index is 11.8. The van der Waals surface area contributed by atoms with Gasteiger partial charge in [0.25, 0.3) is 0 Å². The minimum Gasteiger partial charge on any atom is -0.495 e. The Kier molecular flexibility index (Phi) is 8.14. The van der Waals surface area contributed by atoms with Gasteiger partial charge in [-0.3, -0.25) is 4.79 Å². The maximum absolute atomic E-state index is 11.8. The molecule has 1 unspecified atom stereocenters. The highest BCUT2D eigenvalue weighted by Gasteiger charge is 2.13. The molecule has 1 rings (SSSR count). The van der Waals surface area contributed by atoms with Gasteiger partial charge in [-0.05, 0) is 24.6 Å². The molecule has 0 bridgehead atoms. The van der Waals surface area contributed by atoms with Crippen molar-refractivity contribution in [3.05, 3.63) is 23.8 Å². The molecule has 0 saturated carbocycles. The third kappa shape index (κ3) is 5.46. The summed E-state index contributed by atoms with van der Waals surface area (Å²) in [6.07, 6.45) is -0.0369. The number of nitrogens with one attached hydrogen (secondary N) is 1. The SMILES string of the molecule is COc1ccc(C)cc1NC(=O)CC(CN)OC.Cl. The zero-order valence-corrected chi connectivity index (χ0v) is 12.3. The summed E-state index contributed by atoms with van der Waals surface area (Å²) in [6.45, 7) is 2.27. The molecular formula is C13H21ClN2O3. The van der Waals surface area contributed by atoms with Gasteiger partial charge >= 0.3 is 0 Å². The van der Waals surface area contributed by atoms with E-state index in [1.165, 1.54) is 7.11 Å². The Hall–Kier alpha value is -1.30. The van der Waals surface area contributed by atoms with Crippen LogP contribution >= 0.6 is 12.4 Å². The van der Waals surface area contributed by atoms with E-state index in [1.807, 2.05) is 25.1 Å². The highest BCUT2D eigenvalue weighted by molar-refractivity contribution is 5.92.